The van der Waals surface area contributed by atoms with E-state index in [0.717, 1.165) is 5.56 Å². The molecule has 0 amide bonds. The van der Waals surface area contributed by atoms with E-state index in [4.69, 9.17) is 10.8 Å². The summed E-state index contributed by atoms with van der Waals surface area (Å²) in [6.07, 6.45) is -0.0292. The van der Waals surface area contributed by atoms with Crippen molar-refractivity contribution in [3.8, 4) is 0 Å². The number of nitrogens with two attached hydrogens (primary N) is 1. The maximum absolute atomic E-state index is 12.1. The van der Waals surface area contributed by atoms with Crippen LogP contribution in [-0.4, -0.2) is 30.3 Å². The molecular formula is C11H13NO4S. The molecule has 0 radical (unpaired) electrons. The number of rotatable bonds is 3. The van der Waals surface area contributed by atoms with Crippen LogP contribution >= 0.6 is 0 Å². The third-order valence-corrected chi connectivity index (χ3v) is 5.33. The summed E-state index contributed by atoms with van der Waals surface area (Å²) in [7, 11) is -3.64. The first-order valence-corrected chi connectivity index (χ1v) is 6.66. The average molecular weight is 255 g/mol. The van der Waals surface area contributed by atoms with Crippen LogP contribution in [-0.2, 0) is 14.6 Å². The van der Waals surface area contributed by atoms with Crippen molar-refractivity contribution in [2.45, 2.75) is 29.0 Å². The molecule has 0 saturated heterocycles. The zero-order valence-electron chi connectivity index (χ0n) is 9.25. The van der Waals surface area contributed by atoms with Gasteiger partial charge in [-0.25, -0.2) is 8.42 Å². The van der Waals surface area contributed by atoms with Gasteiger partial charge in [-0.1, -0.05) is 17.7 Å². The van der Waals surface area contributed by atoms with Crippen molar-refractivity contribution in [3.63, 3.8) is 0 Å². The Kier molecular flexibility index (Phi) is 2.52. The number of benzene rings is 1. The zero-order chi connectivity index (χ0) is 12.8. The Morgan fingerprint density at radius 3 is 2.35 bits per heavy atom. The molecule has 5 nitrogen and oxygen atoms in total. The van der Waals surface area contributed by atoms with E-state index in [1.54, 1.807) is 12.1 Å². The van der Waals surface area contributed by atoms with Gasteiger partial charge in [-0.2, -0.15) is 0 Å². The number of aliphatic carboxylic acids is 1. The van der Waals surface area contributed by atoms with Crippen LogP contribution in [0.4, 0.5) is 0 Å². The molecule has 3 N–H and O–H groups in total. The second-order valence-corrected chi connectivity index (χ2v) is 6.53. The Balaban J connectivity index is 2.34. The molecule has 1 aliphatic rings. The molecule has 1 aromatic rings. The van der Waals surface area contributed by atoms with E-state index in [2.05, 4.69) is 0 Å². The third kappa shape index (κ3) is 1.83. The maximum atomic E-state index is 12.1. The molecule has 0 aliphatic heterocycles. The lowest BCUT2D eigenvalue weighted by atomic mass is 10.2. The van der Waals surface area contributed by atoms with Crippen LogP contribution in [0.5, 0.6) is 0 Å². The van der Waals surface area contributed by atoms with E-state index in [-0.39, 0.29) is 11.3 Å². The van der Waals surface area contributed by atoms with Crippen LogP contribution in [0.3, 0.4) is 0 Å². The monoisotopic (exact) mass is 255 g/mol. The highest BCUT2D eigenvalue weighted by Gasteiger charge is 2.64. The third-order valence-electron chi connectivity index (χ3n) is 3.06. The molecule has 1 fully saturated rings. The van der Waals surface area contributed by atoms with Crippen molar-refractivity contribution in [2.24, 2.45) is 5.73 Å². The van der Waals surface area contributed by atoms with Crippen LogP contribution in [0.1, 0.15) is 12.0 Å². The number of carboxylic acid groups (broad SMARTS) is 1. The molecule has 1 aliphatic carbocycles. The predicted molar refractivity (Wildman–Crippen MR) is 61.3 cm³/mol. The molecule has 17 heavy (non-hydrogen) atoms. The summed E-state index contributed by atoms with van der Waals surface area (Å²) in [5, 5.41) is 7.83. The number of aryl methyl sites for hydroxylation is 1. The predicted octanol–water partition coefficient (Wildman–Crippen LogP) is 0.323. The maximum Gasteiger partial charge on any atom is 0.325 e. The number of hydrogen-bond donors (Lipinski definition) is 2. The summed E-state index contributed by atoms with van der Waals surface area (Å²) in [6, 6.07) is 6.30. The lowest BCUT2D eigenvalue weighted by Gasteiger charge is -2.07. The van der Waals surface area contributed by atoms with E-state index in [9.17, 15) is 13.2 Å². The van der Waals surface area contributed by atoms with Gasteiger partial charge in [-0.3, -0.25) is 4.79 Å². The summed E-state index contributed by atoms with van der Waals surface area (Å²) in [5.41, 5.74) is 4.83. The normalized spacial score (nSPS) is 27.8. The van der Waals surface area contributed by atoms with E-state index in [0.29, 0.717) is 0 Å². The van der Waals surface area contributed by atoms with Gasteiger partial charge in [0, 0.05) is 0 Å². The zero-order valence-corrected chi connectivity index (χ0v) is 10.1. The van der Waals surface area contributed by atoms with Gasteiger partial charge in [0.05, 0.1) is 10.1 Å². The van der Waals surface area contributed by atoms with Crippen molar-refractivity contribution in [3.05, 3.63) is 29.8 Å². The summed E-state index contributed by atoms with van der Waals surface area (Å²) in [5.74, 6) is -1.27. The number of carbonyl (C=O) groups is 1. The Morgan fingerprint density at radius 1 is 1.41 bits per heavy atom. The second-order valence-electron chi connectivity index (χ2n) is 4.40. The van der Waals surface area contributed by atoms with Crippen LogP contribution in [0, 0.1) is 6.92 Å². The number of hydrogen-bond acceptors (Lipinski definition) is 4. The highest BCUT2D eigenvalue weighted by molar-refractivity contribution is 7.92. The fourth-order valence-corrected chi connectivity index (χ4v) is 3.75. The molecule has 2 rings (SSSR count). The van der Waals surface area contributed by atoms with Crippen LogP contribution in [0.25, 0.3) is 0 Å². The molecule has 0 aromatic heterocycles. The topological polar surface area (TPSA) is 97.5 Å². The van der Waals surface area contributed by atoms with Crippen LogP contribution in [0.2, 0.25) is 0 Å². The van der Waals surface area contributed by atoms with Gasteiger partial charge in [-0.05, 0) is 25.5 Å². The van der Waals surface area contributed by atoms with Gasteiger partial charge in [0.15, 0.2) is 9.84 Å². The molecule has 1 aromatic carbocycles. The van der Waals surface area contributed by atoms with Crippen molar-refractivity contribution in [2.75, 3.05) is 0 Å². The molecule has 92 valence electrons. The van der Waals surface area contributed by atoms with E-state index < -0.39 is 26.6 Å². The molecule has 6 heteroatoms. The lowest BCUT2D eigenvalue weighted by molar-refractivity contribution is -0.139. The van der Waals surface area contributed by atoms with Gasteiger partial charge in [-0.15, -0.1) is 0 Å². The molecule has 0 bridgehead atoms. The standard InChI is InChI=1S/C11H13NO4S/c1-7-2-4-8(5-3-7)17(15,16)9-6-11(9,12)10(13)14/h2-5,9H,6,12H2,1H3,(H,13,14)/t9-,11+/m0/s1. The summed E-state index contributed by atoms with van der Waals surface area (Å²) < 4.78 is 24.2. The van der Waals surface area contributed by atoms with Gasteiger partial charge < -0.3 is 10.8 Å². The summed E-state index contributed by atoms with van der Waals surface area (Å²) in [4.78, 5) is 11.0. The van der Waals surface area contributed by atoms with E-state index in [1.807, 2.05) is 6.92 Å². The Morgan fingerprint density at radius 2 is 1.94 bits per heavy atom. The molecule has 0 heterocycles. The SMILES string of the molecule is Cc1ccc(S(=O)(=O)[C@H]2C[C@]2(N)C(=O)O)cc1. The first-order chi connectivity index (χ1) is 7.78. The fraction of sp³-hybridized carbons (Fsp3) is 0.364. The van der Waals surface area contributed by atoms with E-state index in [1.165, 1.54) is 12.1 Å². The Bertz CT molecular complexity index is 564. The minimum Gasteiger partial charge on any atom is -0.480 e. The van der Waals surface area contributed by atoms with Crippen LogP contribution < -0.4 is 5.73 Å². The van der Waals surface area contributed by atoms with Crippen molar-refractivity contribution < 1.29 is 18.3 Å². The van der Waals surface area contributed by atoms with Gasteiger partial charge in [0.2, 0.25) is 0 Å². The fourth-order valence-electron chi connectivity index (χ4n) is 1.75. The smallest absolute Gasteiger partial charge is 0.325 e. The average Bonchev–Trinajstić information content (AvgIpc) is 2.94. The van der Waals surface area contributed by atoms with Crippen LogP contribution in [0.15, 0.2) is 29.2 Å². The van der Waals surface area contributed by atoms with Gasteiger partial charge in [0.25, 0.3) is 0 Å². The second kappa shape index (κ2) is 3.54. The largest absolute Gasteiger partial charge is 0.480 e. The van der Waals surface area contributed by atoms with Crippen molar-refractivity contribution in [1.29, 1.82) is 0 Å². The summed E-state index contributed by atoms with van der Waals surface area (Å²) >= 11 is 0. The van der Waals surface area contributed by atoms with E-state index >= 15 is 0 Å². The highest BCUT2D eigenvalue weighted by Crippen LogP contribution is 2.42. The lowest BCUT2D eigenvalue weighted by Crippen LogP contribution is -2.38. The highest BCUT2D eigenvalue weighted by atomic mass is 32.2. The number of carboxylic acids is 1. The molecular weight excluding hydrogens is 242 g/mol. The molecule has 0 spiro atoms. The molecule has 1 saturated carbocycles. The minimum absolute atomic E-state index is 0.0292. The van der Waals surface area contributed by atoms with Crippen molar-refractivity contribution >= 4 is 15.8 Å². The minimum atomic E-state index is -3.64. The molecule has 0 unspecified atom stereocenters. The summed E-state index contributed by atoms with van der Waals surface area (Å²) in [6.45, 7) is 1.85. The Labute approximate surface area is 99.2 Å². The number of sulfone groups is 1. The first kappa shape index (κ1) is 12.1. The van der Waals surface area contributed by atoms with Gasteiger partial charge in [0.1, 0.15) is 5.54 Å². The Hall–Kier alpha value is -1.40. The molecule has 2 atom stereocenters. The van der Waals surface area contributed by atoms with Crippen molar-refractivity contribution in [1.82, 2.24) is 0 Å². The quantitative estimate of drug-likeness (QED) is 0.810. The van der Waals surface area contributed by atoms with Gasteiger partial charge >= 0.3 is 5.97 Å². The first-order valence-electron chi connectivity index (χ1n) is 5.11.